The van der Waals surface area contributed by atoms with Gasteiger partial charge in [0.2, 0.25) is 0 Å². The number of thioether (sulfide) groups is 1. The summed E-state index contributed by atoms with van der Waals surface area (Å²) in [6.45, 7) is 3.51. The molecule has 0 aromatic rings. The molecule has 0 aliphatic heterocycles. The van der Waals surface area contributed by atoms with E-state index < -0.39 is 5.51 Å². The minimum atomic E-state index is -4.16. The zero-order chi connectivity index (χ0) is 9.90. The quantitative estimate of drug-likeness (QED) is 0.653. The fourth-order valence-electron chi connectivity index (χ4n) is 1.66. The Balaban J connectivity index is 2.38. The predicted octanol–water partition coefficient (Wildman–Crippen LogP) is 4.33. The second-order valence-corrected chi connectivity index (χ2v) is 4.54. The molecule has 1 fully saturated rings. The lowest BCUT2D eigenvalue weighted by atomic mass is 9.89. The van der Waals surface area contributed by atoms with Crippen molar-refractivity contribution in [2.75, 3.05) is 0 Å². The number of allylic oxidation sites excluding steroid dienone is 1. The van der Waals surface area contributed by atoms with E-state index in [4.69, 9.17) is 0 Å². The summed E-state index contributed by atoms with van der Waals surface area (Å²) in [5.74, 6) is 0.0837. The van der Waals surface area contributed by atoms with Gasteiger partial charge in [-0.3, -0.25) is 0 Å². The Morgan fingerprint density at radius 2 is 1.69 bits per heavy atom. The SMILES string of the molecule is C=C(SC(F)(F)F)C1CCCCC1. The van der Waals surface area contributed by atoms with Gasteiger partial charge in [0.15, 0.2) is 0 Å². The molecule has 76 valence electrons. The molecule has 0 N–H and O–H groups in total. The van der Waals surface area contributed by atoms with Crippen LogP contribution in [0.5, 0.6) is 0 Å². The normalized spacial score (nSPS) is 20.2. The molecular formula is C9H13F3S. The second-order valence-electron chi connectivity index (χ2n) is 3.35. The van der Waals surface area contributed by atoms with Crippen molar-refractivity contribution in [1.29, 1.82) is 0 Å². The Bertz CT molecular complexity index is 180. The second kappa shape index (κ2) is 4.40. The van der Waals surface area contributed by atoms with Crippen LogP contribution in [0.15, 0.2) is 11.5 Å². The van der Waals surface area contributed by atoms with Crippen molar-refractivity contribution in [1.82, 2.24) is 0 Å². The first-order valence-electron chi connectivity index (χ1n) is 4.43. The zero-order valence-electron chi connectivity index (χ0n) is 7.36. The van der Waals surface area contributed by atoms with Crippen molar-refractivity contribution in [3.05, 3.63) is 11.5 Å². The molecule has 0 heterocycles. The Morgan fingerprint density at radius 3 is 2.15 bits per heavy atom. The molecule has 0 aromatic heterocycles. The van der Waals surface area contributed by atoms with Crippen molar-refractivity contribution in [3.63, 3.8) is 0 Å². The van der Waals surface area contributed by atoms with Crippen molar-refractivity contribution < 1.29 is 13.2 Å². The van der Waals surface area contributed by atoms with Crippen LogP contribution in [0.25, 0.3) is 0 Å². The number of hydrogen-bond acceptors (Lipinski definition) is 1. The van der Waals surface area contributed by atoms with Crippen LogP contribution < -0.4 is 0 Å². The summed E-state index contributed by atoms with van der Waals surface area (Å²) in [7, 11) is 0. The van der Waals surface area contributed by atoms with Crippen LogP contribution in [0.3, 0.4) is 0 Å². The summed E-state index contributed by atoms with van der Waals surface area (Å²) in [4.78, 5) is 0.298. The van der Waals surface area contributed by atoms with E-state index in [1.807, 2.05) is 0 Å². The standard InChI is InChI=1S/C9H13F3S/c1-7(13-9(10,11)12)8-5-3-2-4-6-8/h8H,1-6H2. The highest BCUT2D eigenvalue weighted by Crippen LogP contribution is 2.42. The lowest BCUT2D eigenvalue weighted by Gasteiger charge is -2.23. The predicted molar refractivity (Wildman–Crippen MR) is 49.4 cm³/mol. The maximum absolute atomic E-state index is 12.0. The topological polar surface area (TPSA) is 0 Å². The highest BCUT2D eigenvalue weighted by Gasteiger charge is 2.32. The number of alkyl halides is 3. The lowest BCUT2D eigenvalue weighted by molar-refractivity contribution is -0.0324. The molecule has 1 rings (SSSR count). The molecule has 0 saturated heterocycles. The van der Waals surface area contributed by atoms with Gasteiger partial charge < -0.3 is 0 Å². The third kappa shape index (κ3) is 4.07. The van der Waals surface area contributed by atoms with E-state index in [2.05, 4.69) is 6.58 Å². The number of rotatable bonds is 2. The van der Waals surface area contributed by atoms with E-state index in [0.29, 0.717) is 4.91 Å². The summed E-state index contributed by atoms with van der Waals surface area (Å²) >= 11 is -0.0312. The highest BCUT2D eigenvalue weighted by atomic mass is 32.2. The average molecular weight is 210 g/mol. The van der Waals surface area contributed by atoms with E-state index in [1.54, 1.807) is 0 Å². The molecule has 13 heavy (non-hydrogen) atoms. The van der Waals surface area contributed by atoms with Crippen LogP contribution in [0.2, 0.25) is 0 Å². The van der Waals surface area contributed by atoms with Crippen LogP contribution in [-0.2, 0) is 0 Å². The molecule has 1 aliphatic rings. The maximum atomic E-state index is 12.0. The Kier molecular flexibility index (Phi) is 3.71. The Hall–Kier alpha value is -0.120. The summed E-state index contributed by atoms with van der Waals surface area (Å²) in [5.41, 5.74) is -4.16. The first-order chi connectivity index (χ1) is 5.99. The van der Waals surface area contributed by atoms with Crippen LogP contribution >= 0.6 is 11.8 Å². The van der Waals surface area contributed by atoms with Gasteiger partial charge in [-0.2, -0.15) is 13.2 Å². The van der Waals surface area contributed by atoms with E-state index in [1.165, 1.54) is 0 Å². The van der Waals surface area contributed by atoms with Crippen LogP contribution in [-0.4, -0.2) is 5.51 Å². The average Bonchev–Trinajstić information content (AvgIpc) is 2.03. The minimum Gasteiger partial charge on any atom is -0.160 e. The van der Waals surface area contributed by atoms with Gasteiger partial charge in [-0.05, 0) is 35.4 Å². The Labute approximate surface area is 80.6 Å². The first-order valence-corrected chi connectivity index (χ1v) is 5.25. The van der Waals surface area contributed by atoms with Gasteiger partial charge in [0.1, 0.15) is 0 Å². The van der Waals surface area contributed by atoms with Crippen LogP contribution in [0, 0.1) is 5.92 Å². The molecule has 1 saturated carbocycles. The molecule has 0 spiro atoms. The van der Waals surface area contributed by atoms with Gasteiger partial charge in [0, 0.05) is 0 Å². The fourth-order valence-corrected chi connectivity index (χ4v) is 2.36. The van der Waals surface area contributed by atoms with Gasteiger partial charge in [-0.25, -0.2) is 0 Å². The summed E-state index contributed by atoms with van der Waals surface area (Å²) in [6, 6.07) is 0. The third-order valence-electron chi connectivity index (χ3n) is 2.31. The van der Waals surface area contributed by atoms with Gasteiger partial charge in [0.25, 0.3) is 0 Å². The van der Waals surface area contributed by atoms with Crippen molar-refractivity contribution in [2.24, 2.45) is 5.92 Å². The number of hydrogen-bond donors (Lipinski definition) is 0. The molecule has 0 amide bonds. The molecule has 0 radical (unpaired) electrons. The van der Waals surface area contributed by atoms with E-state index >= 15 is 0 Å². The van der Waals surface area contributed by atoms with E-state index in [-0.39, 0.29) is 17.7 Å². The number of halogens is 3. The molecule has 0 atom stereocenters. The Morgan fingerprint density at radius 1 is 1.15 bits per heavy atom. The summed E-state index contributed by atoms with van der Waals surface area (Å²) < 4.78 is 35.9. The van der Waals surface area contributed by atoms with Crippen molar-refractivity contribution in [3.8, 4) is 0 Å². The van der Waals surface area contributed by atoms with Crippen LogP contribution in [0.4, 0.5) is 13.2 Å². The molecule has 0 nitrogen and oxygen atoms in total. The third-order valence-corrected chi connectivity index (χ3v) is 3.13. The van der Waals surface area contributed by atoms with E-state index in [0.717, 1.165) is 32.1 Å². The molecular weight excluding hydrogens is 197 g/mol. The lowest BCUT2D eigenvalue weighted by Crippen LogP contribution is -2.10. The van der Waals surface area contributed by atoms with Crippen LogP contribution in [0.1, 0.15) is 32.1 Å². The van der Waals surface area contributed by atoms with Gasteiger partial charge >= 0.3 is 5.51 Å². The first kappa shape index (κ1) is 11.0. The smallest absolute Gasteiger partial charge is 0.160 e. The minimum absolute atomic E-state index is 0.0312. The summed E-state index contributed by atoms with van der Waals surface area (Å²) in [6.07, 6.45) is 4.99. The van der Waals surface area contributed by atoms with Gasteiger partial charge in [0.05, 0.1) is 0 Å². The zero-order valence-corrected chi connectivity index (χ0v) is 8.18. The maximum Gasteiger partial charge on any atom is 0.446 e. The van der Waals surface area contributed by atoms with Gasteiger partial charge in [-0.15, -0.1) is 0 Å². The summed E-state index contributed by atoms with van der Waals surface area (Å²) in [5, 5.41) is 0. The highest BCUT2D eigenvalue weighted by molar-refractivity contribution is 8.03. The molecule has 0 unspecified atom stereocenters. The largest absolute Gasteiger partial charge is 0.446 e. The molecule has 4 heteroatoms. The van der Waals surface area contributed by atoms with Gasteiger partial charge in [-0.1, -0.05) is 25.8 Å². The molecule has 1 aliphatic carbocycles. The molecule has 0 bridgehead atoms. The van der Waals surface area contributed by atoms with Crippen molar-refractivity contribution >= 4 is 11.8 Å². The monoisotopic (exact) mass is 210 g/mol. The van der Waals surface area contributed by atoms with Crippen molar-refractivity contribution in [2.45, 2.75) is 37.6 Å². The molecule has 0 aromatic carbocycles. The van der Waals surface area contributed by atoms with E-state index in [9.17, 15) is 13.2 Å². The fraction of sp³-hybridized carbons (Fsp3) is 0.778.